The summed E-state index contributed by atoms with van der Waals surface area (Å²) in [4.78, 5) is 21.8. The van der Waals surface area contributed by atoms with Crippen molar-refractivity contribution in [2.24, 2.45) is 0 Å². The molecule has 6 nitrogen and oxygen atoms in total. The number of carbonyl (C=O) groups excluding carboxylic acids is 1. The van der Waals surface area contributed by atoms with Gasteiger partial charge in [0.15, 0.2) is 0 Å². The van der Waals surface area contributed by atoms with Crippen LogP contribution in [0.4, 0.5) is 0 Å². The zero-order valence-corrected chi connectivity index (χ0v) is 15.9. The van der Waals surface area contributed by atoms with E-state index in [1.807, 2.05) is 35.2 Å². The van der Waals surface area contributed by atoms with Gasteiger partial charge in [-0.3, -0.25) is 14.7 Å². The maximum absolute atomic E-state index is 13.0. The molecule has 1 aromatic carbocycles. The summed E-state index contributed by atoms with van der Waals surface area (Å²) in [5.41, 5.74) is 1.70. The second-order valence-electron chi connectivity index (χ2n) is 7.46. The van der Waals surface area contributed by atoms with Crippen LogP contribution in [0, 0.1) is 0 Å². The molecule has 27 heavy (non-hydrogen) atoms. The van der Waals surface area contributed by atoms with Gasteiger partial charge in [-0.05, 0) is 37.1 Å². The summed E-state index contributed by atoms with van der Waals surface area (Å²) >= 11 is 0. The van der Waals surface area contributed by atoms with Crippen molar-refractivity contribution < 1.29 is 14.3 Å². The van der Waals surface area contributed by atoms with Gasteiger partial charge in [-0.1, -0.05) is 6.07 Å². The van der Waals surface area contributed by atoms with E-state index in [4.69, 9.17) is 9.47 Å². The molecule has 0 atom stereocenters. The van der Waals surface area contributed by atoms with E-state index in [-0.39, 0.29) is 11.4 Å². The lowest BCUT2D eigenvalue weighted by atomic mass is 9.85. The molecule has 1 aromatic heterocycles. The summed E-state index contributed by atoms with van der Waals surface area (Å²) < 4.78 is 11.1. The minimum Gasteiger partial charge on any atom is -0.383 e. The fraction of sp³-hybridized carbons (Fsp3) is 0.524. The number of carbonyl (C=O) groups is 1. The number of fused-ring (bicyclic) bond motifs is 1. The molecule has 1 amide bonds. The number of nitrogens with zero attached hydrogens (tertiary/aromatic N) is 3. The zero-order chi connectivity index (χ0) is 18.7. The van der Waals surface area contributed by atoms with E-state index in [2.05, 4.69) is 9.88 Å². The summed E-state index contributed by atoms with van der Waals surface area (Å²) in [6.45, 7) is 5.64. The molecule has 2 saturated heterocycles. The van der Waals surface area contributed by atoms with Crippen molar-refractivity contribution in [3.05, 3.63) is 42.1 Å². The van der Waals surface area contributed by atoms with Gasteiger partial charge in [0.2, 0.25) is 0 Å². The summed E-state index contributed by atoms with van der Waals surface area (Å²) in [5.74, 6) is 0.107. The van der Waals surface area contributed by atoms with Crippen molar-refractivity contribution in [2.45, 2.75) is 18.4 Å². The number of likely N-dealkylation sites (tertiary alicyclic amines) is 1. The number of hydrogen-bond acceptors (Lipinski definition) is 5. The first-order valence-corrected chi connectivity index (χ1v) is 9.68. The molecule has 0 aliphatic carbocycles. The number of piperidine rings is 1. The third kappa shape index (κ3) is 3.70. The van der Waals surface area contributed by atoms with Gasteiger partial charge in [-0.25, -0.2) is 0 Å². The van der Waals surface area contributed by atoms with Crippen LogP contribution in [0.25, 0.3) is 10.9 Å². The average Bonchev–Trinajstić information content (AvgIpc) is 2.73. The van der Waals surface area contributed by atoms with Crippen LogP contribution in [0.3, 0.4) is 0 Å². The van der Waals surface area contributed by atoms with Crippen molar-refractivity contribution in [1.29, 1.82) is 0 Å². The van der Waals surface area contributed by atoms with Crippen LogP contribution in [0.15, 0.2) is 36.5 Å². The highest BCUT2D eigenvalue weighted by Gasteiger charge is 2.42. The summed E-state index contributed by atoms with van der Waals surface area (Å²) in [7, 11) is 1.74. The van der Waals surface area contributed by atoms with E-state index in [1.54, 1.807) is 13.3 Å². The number of morpholine rings is 1. The largest absolute Gasteiger partial charge is 0.383 e. The second kappa shape index (κ2) is 7.92. The van der Waals surface area contributed by atoms with E-state index in [9.17, 15) is 4.79 Å². The van der Waals surface area contributed by atoms with Crippen molar-refractivity contribution in [2.75, 3.05) is 53.1 Å². The standard InChI is InChI=1S/C21H27N3O3/c1-26-13-11-24-12-14-27-16-21(24)6-9-23(10-7-21)20(25)18-4-5-19-17(15-18)3-2-8-22-19/h2-5,8,15H,6-7,9-14,16H2,1H3. The molecule has 2 aliphatic heterocycles. The van der Waals surface area contributed by atoms with Crippen molar-refractivity contribution in [3.8, 4) is 0 Å². The number of rotatable bonds is 4. The molecule has 1 spiro atoms. The van der Waals surface area contributed by atoms with Gasteiger partial charge in [0.25, 0.3) is 5.91 Å². The molecule has 6 heteroatoms. The molecule has 144 valence electrons. The molecule has 0 unspecified atom stereocenters. The summed E-state index contributed by atoms with van der Waals surface area (Å²) in [6.07, 6.45) is 3.66. The Hall–Kier alpha value is -2.02. The quantitative estimate of drug-likeness (QED) is 0.827. The Kier molecular flexibility index (Phi) is 5.38. The first-order valence-electron chi connectivity index (χ1n) is 9.68. The second-order valence-corrected chi connectivity index (χ2v) is 7.46. The lowest BCUT2D eigenvalue weighted by Crippen LogP contribution is -2.62. The van der Waals surface area contributed by atoms with Crippen molar-refractivity contribution >= 4 is 16.8 Å². The van der Waals surface area contributed by atoms with Gasteiger partial charge in [0.05, 0.1) is 25.3 Å². The van der Waals surface area contributed by atoms with Crippen LogP contribution in [0.2, 0.25) is 0 Å². The van der Waals surface area contributed by atoms with E-state index in [0.717, 1.165) is 75.3 Å². The minimum atomic E-state index is 0.0425. The van der Waals surface area contributed by atoms with Crippen LogP contribution in [-0.2, 0) is 9.47 Å². The van der Waals surface area contributed by atoms with Crippen LogP contribution in [-0.4, -0.2) is 79.3 Å². The van der Waals surface area contributed by atoms with E-state index < -0.39 is 0 Å². The Labute approximate surface area is 160 Å². The van der Waals surface area contributed by atoms with Gasteiger partial charge in [-0.2, -0.15) is 0 Å². The third-order valence-corrected chi connectivity index (χ3v) is 5.94. The van der Waals surface area contributed by atoms with E-state index in [0.29, 0.717) is 0 Å². The Bertz CT molecular complexity index is 802. The fourth-order valence-corrected chi connectivity index (χ4v) is 4.29. The topological polar surface area (TPSA) is 54.9 Å². The SMILES string of the molecule is COCCN1CCOCC12CCN(C(=O)c1ccc3ncccc3c1)CC2. The molecule has 0 bridgehead atoms. The monoisotopic (exact) mass is 369 g/mol. The predicted octanol–water partition coefficient (Wildman–Crippen LogP) is 2.19. The van der Waals surface area contributed by atoms with E-state index >= 15 is 0 Å². The number of amides is 1. The van der Waals surface area contributed by atoms with E-state index in [1.165, 1.54) is 0 Å². The highest BCUT2D eigenvalue weighted by molar-refractivity contribution is 5.98. The molecule has 2 aliphatic rings. The van der Waals surface area contributed by atoms with Crippen molar-refractivity contribution in [1.82, 2.24) is 14.8 Å². The number of methoxy groups -OCH3 is 1. The first-order chi connectivity index (χ1) is 13.2. The number of pyridine rings is 1. The molecule has 0 saturated carbocycles. The highest BCUT2D eigenvalue weighted by atomic mass is 16.5. The fourth-order valence-electron chi connectivity index (χ4n) is 4.29. The molecule has 2 fully saturated rings. The Morgan fingerprint density at radius 2 is 2.11 bits per heavy atom. The molecule has 3 heterocycles. The van der Waals surface area contributed by atoms with Crippen LogP contribution in [0.1, 0.15) is 23.2 Å². The summed E-state index contributed by atoms with van der Waals surface area (Å²) in [6, 6.07) is 9.66. The minimum absolute atomic E-state index is 0.0425. The Balaban J connectivity index is 1.45. The normalized spacial score (nSPS) is 20.3. The van der Waals surface area contributed by atoms with Gasteiger partial charge in [-0.15, -0.1) is 0 Å². The molecule has 4 rings (SSSR count). The maximum atomic E-state index is 13.0. The Morgan fingerprint density at radius 3 is 2.93 bits per heavy atom. The number of aromatic nitrogens is 1. The van der Waals surface area contributed by atoms with Gasteiger partial charge >= 0.3 is 0 Å². The van der Waals surface area contributed by atoms with Crippen LogP contribution < -0.4 is 0 Å². The van der Waals surface area contributed by atoms with Gasteiger partial charge in [0.1, 0.15) is 0 Å². The Morgan fingerprint density at radius 1 is 1.26 bits per heavy atom. The molecular weight excluding hydrogens is 342 g/mol. The lowest BCUT2D eigenvalue weighted by Gasteiger charge is -2.51. The summed E-state index contributed by atoms with van der Waals surface area (Å²) in [5, 5.41) is 1.00. The zero-order valence-electron chi connectivity index (χ0n) is 15.9. The smallest absolute Gasteiger partial charge is 0.253 e. The lowest BCUT2D eigenvalue weighted by molar-refractivity contribution is -0.0968. The van der Waals surface area contributed by atoms with Crippen LogP contribution >= 0.6 is 0 Å². The van der Waals surface area contributed by atoms with Gasteiger partial charge < -0.3 is 14.4 Å². The molecule has 0 N–H and O–H groups in total. The third-order valence-electron chi connectivity index (χ3n) is 5.94. The highest BCUT2D eigenvalue weighted by Crippen LogP contribution is 2.32. The number of ether oxygens (including phenoxy) is 2. The average molecular weight is 369 g/mol. The first kappa shape index (κ1) is 18.3. The number of hydrogen-bond donors (Lipinski definition) is 0. The number of benzene rings is 1. The maximum Gasteiger partial charge on any atom is 0.253 e. The van der Waals surface area contributed by atoms with Crippen molar-refractivity contribution in [3.63, 3.8) is 0 Å². The van der Waals surface area contributed by atoms with Crippen LogP contribution in [0.5, 0.6) is 0 Å². The predicted molar refractivity (Wildman–Crippen MR) is 104 cm³/mol. The van der Waals surface area contributed by atoms with Gasteiger partial charge in [0, 0.05) is 56.0 Å². The molecule has 0 radical (unpaired) electrons. The molecular formula is C21H27N3O3. The molecule has 2 aromatic rings.